The van der Waals surface area contributed by atoms with E-state index in [4.69, 9.17) is 4.42 Å². The zero-order valence-electron chi connectivity index (χ0n) is 11.0. The number of nitrogens with one attached hydrogen (secondary N) is 1. The lowest BCUT2D eigenvalue weighted by molar-refractivity contribution is 0.177. The third-order valence-corrected chi connectivity index (χ3v) is 3.59. The molecule has 1 atom stereocenters. The molecular weight excluding hydrogens is 262 g/mol. The van der Waals surface area contributed by atoms with Gasteiger partial charge in [-0.05, 0) is 18.2 Å². The molecule has 1 fully saturated rings. The van der Waals surface area contributed by atoms with Gasteiger partial charge < -0.3 is 9.73 Å². The molecule has 0 spiro atoms. The molecule has 0 radical (unpaired) electrons. The maximum Gasteiger partial charge on any atom is 0.131 e. The van der Waals surface area contributed by atoms with Gasteiger partial charge in [-0.3, -0.25) is 4.90 Å². The number of halogens is 2. The molecule has 1 aromatic heterocycles. The van der Waals surface area contributed by atoms with Crippen molar-refractivity contribution in [2.45, 2.75) is 6.04 Å². The standard InChI is InChI=1S/C15H16F2N2O/c16-11-3-4-12(13(17)10-11)15(14-2-1-9-20-14)19-7-5-18-6-8-19/h1-4,9-10,15,18H,5-8H2. The Morgan fingerprint density at radius 1 is 1.15 bits per heavy atom. The second kappa shape index (κ2) is 5.73. The molecule has 0 aliphatic carbocycles. The van der Waals surface area contributed by atoms with Crippen molar-refractivity contribution in [2.75, 3.05) is 26.2 Å². The van der Waals surface area contributed by atoms with Gasteiger partial charge in [0.05, 0.1) is 12.3 Å². The summed E-state index contributed by atoms with van der Waals surface area (Å²) in [6.07, 6.45) is 1.58. The second-order valence-corrected chi connectivity index (χ2v) is 4.87. The number of hydrogen-bond donors (Lipinski definition) is 1. The normalized spacial score (nSPS) is 18.1. The van der Waals surface area contributed by atoms with Crippen LogP contribution in [0.3, 0.4) is 0 Å². The van der Waals surface area contributed by atoms with E-state index in [1.54, 1.807) is 12.3 Å². The number of benzene rings is 1. The summed E-state index contributed by atoms with van der Waals surface area (Å²) in [5, 5.41) is 3.26. The third kappa shape index (κ3) is 2.59. The Labute approximate surface area is 116 Å². The van der Waals surface area contributed by atoms with E-state index in [9.17, 15) is 8.78 Å². The summed E-state index contributed by atoms with van der Waals surface area (Å²) in [6, 6.07) is 7.01. The number of nitrogens with zero attached hydrogens (tertiary/aromatic N) is 1. The Balaban J connectivity index is 2.00. The Morgan fingerprint density at radius 2 is 1.95 bits per heavy atom. The van der Waals surface area contributed by atoms with Gasteiger partial charge in [0.2, 0.25) is 0 Å². The average molecular weight is 278 g/mol. The highest BCUT2D eigenvalue weighted by molar-refractivity contribution is 5.29. The van der Waals surface area contributed by atoms with Crippen LogP contribution in [0.25, 0.3) is 0 Å². The van der Waals surface area contributed by atoms with E-state index < -0.39 is 11.6 Å². The van der Waals surface area contributed by atoms with Gasteiger partial charge >= 0.3 is 0 Å². The van der Waals surface area contributed by atoms with Crippen LogP contribution < -0.4 is 5.32 Å². The van der Waals surface area contributed by atoms with Gasteiger partial charge in [0.15, 0.2) is 0 Å². The highest BCUT2D eigenvalue weighted by Crippen LogP contribution is 2.31. The van der Waals surface area contributed by atoms with Crippen molar-refractivity contribution in [1.82, 2.24) is 10.2 Å². The van der Waals surface area contributed by atoms with Gasteiger partial charge in [-0.1, -0.05) is 6.07 Å². The number of piperazine rings is 1. The van der Waals surface area contributed by atoms with Crippen molar-refractivity contribution in [3.8, 4) is 0 Å². The lowest BCUT2D eigenvalue weighted by Crippen LogP contribution is -2.45. The molecule has 1 aliphatic heterocycles. The van der Waals surface area contributed by atoms with Gasteiger partial charge in [-0.25, -0.2) is 8.78 Å². The van der Waals surface area contributed by atoms with Crippen LogP contribution >= 0.6 is 0 Å². The lowest BCUT2D eigenvalue weighted by Gasteiger charge is -2.34. The molecule has 0 saturated carbocycles. The topological polar surface area (TPSA) is 28.4 Å². The predicted octanol–water partition coefficient (Wildman–Crippen LogP) is 2.55. The number of rotatable bonds is 3. The van der Waals surface area contributed by atoms with Crippen molar-refractivity contribution in [2.24, 2.45) is 0 Å². The molecule has 0 amide bonds. The number of furan rings is 1. The van der Waals surface area contributed by atoms with Crippen LogP contribution in [0.4, 0.5) is 8.78 Å². The molecule has 1 aliphatic rings. The van der Waals surface area contributed by atoms with Gasteiger partial charge in [-0.15, -0.1) is 0 Å². The molecule has 1 N–H and O–H groups in total. The molecule has 3 rings (SSSR count). The molecular formula is C15H16F2N2O. The fourth-order valence-electron chi connectivity index (χ4n) is 2.64. The fraction of sp³-hybridized carbons (Fsp3) is 0.333. The van der Waals surface area contributed by atoms with E-state index in [1.165, 1.54) is 12.1 Å². The van der Waals surface area contributed by atoms with Crippen molar-refractivity contribution in [3.63, 3.8) is 0 Å². The summed E-state index contributed by atoms with van der Waals surface area (Å²) in [7, 11) is 0. The monoisotopic (exact) mass is 278 g/mol. The maximum absolute atomic E-state index is 14.1. The van der Waals surface area contributed by atoms with Crippen molar-refractivity contribution in [3.05, 3.63) is 59.6 Å². The predicted molar refractivity (Wildman–Crippen MR) is 71.4 cm³/mol. The molecule has 20 heavy (non-hydrogen) atoms. The van der Waals surface area contributed by atoms with Crippen LogP contribution in [0, 0.1) is 11.6 Å². The molecule has 106 valence electrons. The Bertz CT molecular complexity index is 565. The van der Waals surface area contributed by atoms with Crippen molar-refractivity contribution < 1.29 is 13.2 Å². The quantitative estimate of drug-likeness (QED) is 0.935. The van der Waals surface area contributed by atoms with Crippen molar-refractivity contribution in [1.29, 1.82) is 0 Å². The largest absolute Gasteiger partial charge is 0.467 e. The van der Waals surface area contributed by atoms with E-state index in [0.29, 0.717) is 11.3 Å². The third-order valence-electron chi connectivity index (χ3n) is 3.59. The molecule has 3 nitrogen and oxygen atoms in total. The fourth-order valence-corrected chi connectivity index (χ4v) is 2.64. The van der Waals surface area contributed by atoms with Crippen LogP contribution in [-0.2, 0) is 0 Å². The smallest absolute Gasteiger partial charge is 0.131 e. The SMILES string of the molecule is Fc1ccc(C(c2ccco2)N2CCNCC2)c(F)c1. The Kier molecular flexibility index (Phi) is 3.80. The zero-order valence-corrected chi connectivity index (χ0v) is 11.0. The molecule has 1 aromatic carbocycles. The van der Waals surface area contributed by atoms with Crippen LogP contribution in [0.2, 0.25) is 0 Å². The van der Waals surface area contributed by atoms with E-state index in [1.807, 2.05) is 6.07 Å². The highest BCUT2D eigenvalue weighted by atomic mass is 19.1. The van der Waals surface area contributed by atoms with Gasteiger partial charge in [-0.2, -0.15) is 0 Å². The van der Waals surface area contributed by atoms with E-state index >= 15 is 0 Å². The summed E-state index contributed by atoms with van der Waals surface area (Å²) in [5.41, 5.74) is 0.447. The van der Waals surface area contributed by atoms with Crippen LogP contribution in [0.1, 0.15) is 17.4 Å². The minimum atomic E-state index is -0.565. The molecule has 2 aromatic rings. The summed E-state index contributed by atoms with van der Waals surface area (Å²) in [6.45, 7) is 3.28. The molecule has 1 saturated heterocycles. The average Bonchev–Trinajstić information content (AvgIpc) is 2.97. The maximum atomic E-state index is 14.1. The van der Waals surface area contributed by atoms with E-state index in [2.05, 4.69) is 10.2 Å². The van der Waals surface area contributed by atoms with Gasteiger partial charge in [0.1, 0.15) is 17.4 Å². The number of hydrogen-bond acceptors (Lipinski definition) is 3. The van der Waals surface area contributed by atoms with Crippen LogP contribution in [0.5, 0.6) is 0 Å². The zero-order chi connectivity index (χ0) is 13.9. The first-order valence-electron chi connectivity index (χ1n) is 6.69. The van der Waals surface area contributed by atoms with E-state index in [0.717, 1.165) is 32.2 Å². The second-order valence-electron chi connectivity index (χ2n) is 4.87. The Morgan fingerprint density at radius 3 is 2.60 bits per heavy atom. The first kappa shape index (κ1) is 13.3. The Hall–Kier alpha value is -1.72. The summed E-state index contributed by atoms with van der Waals surface area (Å²) in [5.74, 6) is -0.424. The molecule has 0 bridgehead atoms. The molecule has 1 unspecified atom stereocenters. The minimum Gasteiger partial charge on any atom is -0.467 e. The summed E-state index contributed by atoms with van der Waals surface area (Å²) in [4.78, 5) is 2.14. The van der Waals surface area contributed by atoms with Crippen molar-refractivity contribution >= 4 is 0 Å². The highest BCUT2D eigenvalue weighted by Gasteiger charge is 2.28. The van der Waals surface area contributed by atoms with Gasteiger partial charge in [0, 0.05) is 37.8 Å². The lowest BCUT2D eigenvalue weighted by atomic mass is 10.0. The summed E-state index contributed by atoms with van der Waals surface area (Å²) >= 11 is 0. The first-order valence-corrected chi connectivity index (χ1v) is 6.69. The van der Waals surface area contributed by atoms with Crippen LogP contribution in [-0.4, -0.2) is 31.1 Å². The van der Waals surface area contributed by atoms with Crippen LogP contribution in [0.15, 0.2) is 41.0 Å². The first-order chi connectivity index (χ1) is 9.75. The molecule has 5 heteroatoms. The minimum absolute atomic E-state index is 0.312. The molecule has 2 heterocycles. The van der Waals surface area contributed by atoms with E-state index in [-0.39, 0.29) is 6.04 Å². The van der Waals surface area contributed by atoms with Gasteiger partial charge in [0.25, 0.3) is 0 Å². The summed E-state index contributed by atoms with van der Waals surface area (Å²) < 4.78 is 32.7.